The highest BCUT2D eigenvalue weighted by atomic mass is 15.2. The van der Waals surface area contributed by atoms with Gasteiger partial charge >= 0.3 is 0 Å². The van der Waals surface area contributed by atoms with E-state index in [1.165, 1.54) is 44.3 Å². The molecule has 3 nitrogen and oxygen atoms in total. The standard InChI is InChI=1S/C18H29N3/c1-18(2,3)16-8-15(10-19)9-17(20-16)21(11-13-4-5-13)12-14-6-7-14/h8-9,13-14H,4-7,10-12,19H2,1-3H3. The van der Waals surface area contributed by atoms with E-state index in [1.54, 1.807) is 0 Å². The van der Waals surface area contributed by atoms with Crippen molar-refractivity contribution in [3.63, 3.8) is 0 Å². The fraction of sp³-hybridized carbons (Fsp3) is 0.722. The normalized spacial score (nSPS) is 18.9. The van der Waals surface area contributed by atoms with Crippen molar-refractivity contribution >= 4 is 5.82 Å². The summed E-state index contributed by atoms with van der Waals surface area (Å²) in [4.78, 5) is 7.52. The maximum Gasteiger partial charge on any atom is 0.129 e. The number of aromatic nitrogens is 1. The lowest BCUT2D eigenvalue weighted by atomic mass is 9.90. The predicted octanol–water partition coefficient (Wildman–Crippen LogP) is 3.46. The molecule has 0 saturated heterocycles. The number of nitrogens with two attached hydrogens (primary N) is 1. The molecule has 1 aromatic rings. The molecule has 2 saturated carbocycles. The molecule has 0 aromatic carbocycles. The topological polar surface area (TPSA) is 42.1 Å². The zero-order valence-corrected chi connectivity index (χ0v) is 13.7. The largest absolute Gasteiger partial charge is 0.356 e. The van der Waals surface area contributed by atoms with Gasteiger partial charge in [0.05, 0.1) is 0 Å². The Hall–Kier alpha value is -1.09. The van der Waals surface area contributed by atoms with Crippen LogP contribution in [0, 0.1) is 11.8 Å². The number of rotatable bonds is 6. The Morgan fingerprint density at radius 1 is 1.10 bits per heavy atom. The van der Waals surface area contributed by atoms with Gasteiger partial charge in [-0.25, -0.2) is 4.98 Å². The van der Waals surface area contributed by atoms with Crippen molar-refractivity contribution in [2.75, 3.05) is 18.0 Å². The van der Waals surface area contributed by atoms with Crippen molar-refractivity contribution in [1.29, 1.82) is 0 Å². The lowest BCUT2D eigenvalue weighted by Crippen LogP contribution is -2.30. The molecule has 0 bridgehead atoms. The van der Waals surface area contributed by atoms with Crippen molar-refractivity contribution in [3.05, 3.63) is 23.4 Å². The van der Waals surface area contributed by atoms with E-state index in [9.17, 15) is 0 Å². The Balaban J connectivity index is 1.88. The molecule has 116 valence electrons. The summed E-state index contributed by atoms with van der Waals surface area (Å²) in [6.07, 6.45) is 5.57. The zero-order valence-electron chi connectivity index (χ0n) is 13.7. The Morgan fingerprint density at radius 2 is 1.67 bits per heavy atom. The summed E-state index contributed by atoms with van der Waals surface area (Å²) < 4.78 is 0. The van der Waals surface area contributed by atoms with E-state index < -0.39 is 0 Å². The van der Waals surface area contributed by atoms with Gasteiger partial charge in [-0.15, -0.1) is 0 Å². The molecule has 3 rings (SSSR count). The van der Waals surface area contributed by atoms with Crippen LogP contribution in [0.5, 0.6) is 0 Å². The molecule has 0 aliphatic heterocycles. The molecule has 1 aromatic heterocycles. The molecular formula is C18H29N3. The second-order valence-electron chi connectivity index (χ2n) is 7.96. The van der Waals surface area contributed by atoms with Crippen molar-refractivity contribution in [3.8, 4) is 0 Å². The third-order valence-electron chi connectivity index (χ3n) is 4.55. The molecular weight excluding hydrogens is 258 g/mol. The van der Waals surface area contributed by atoms with Crippen molar-refractivity contribution in [2.45, 2.75) is 58.4 Å². The minimum absolute atomic E-state index is 0.0742. The average Bonchev–Trinajstić information content (AvgIpc) is 3.31. The summed E-state index contributed by atoms with van der Waals surface area (Å²) in [5.74, 6) is 2.94. The molecule has 3 heteroatoms. The highest BCUT2D eigenvalue weighted by molar-refractivity contribution is 5.44. The van der Waals surface area contributed by atoms with Gasteiger partial charge in [0.1, 0.15) is 5.82 Å². The highest BCUT2D eigenvalue weighted by Gasteiger charge is 2.30. The lowest BCUT2D eigenvalue weighted by molar-refractivity contribution is 0.564. The Bertz CT molecular complexity index is 482. The summed E-state index contributed by atoms with van der Waals surface area (Å²) in [6.45, 7) is 9.64. The first-order valence-electron chi connectivity index (χ1n) is 8.42. The number of pyridine rings is 1. The van der Waals surface area contributed by atoms with Crippen LogP contribution in [0.25, 0.3) is 0 Å². The van der Waals surface area contributed by atoms with E-state index >= 15 is 0 Å². The van der Waals surface area contributed by atoms with E-state index in [2.05, 4.69) is 37.8 Å². The maximum absolute atomic E-state index is 5.91. The van der Waals surface area contributed by atoms with Gasteiger partial charge in [0.15, 0.2) is 0 Å². The Kier molecular flexibility index (Phi) is 3.96. The molecule has 1 heterocycles. The summed E-state index contributed by atoms with van der Waals surface area (Å²) in [5, 5.41) is 0. The molecule has 0 unspecified atom stereocenters. The first-order chi connectivity index (χ1) is 9.95. The van der Waals surface area contributed by atoms with Crippen LogP contribution >= 0.6 is 0 Å². The molecule has 2 aliphatic carbocycles. The van der Waals surface area contributed by atoms with Gasteiger partial charge in [-0.05, 0) is 55.2 Å². The van der Waals surface area contributed by atoms with E-state index in [4.69, 9.17) is 10.7 Å². The third-order valence-corrected chi connectivity index (χ3v) is 4.55. The monoisotopic (exact) mass is 287 g/mol. The first-order valence-corrected chi connectivity index (χ1v) is 8.42. The molecule has 21 heavy (non-hydrogen) atoms. The van der Waals surface area contributed by atoms with Gasteiger partial charge in [0.25, 0.3) is 0 Å². The molecule has 0 radical (unpaired) electrons. The fourth-order valence-electron chi connectivity index (χ4n) is 2.72. The quantitative estimate of drug-likeness (QED) is 0.871. The summed E-state index contributed by atoms with van der Waals surface area (Å²) in [5.41, 5.74) is 8.36. The van der Waals surface area contributed by atoms with E-state index in [0.29, 0.717) is 6.54 Å². The number of hydrogen-bond acceptors (Lipinski definition) is 3. The minimum atomic E-state index is 0.0742. The van der Waals surface area contributed by atoms with E-state index in [1.807, 2.05) is 0 Å². The number of anilines is 1. The van der Waals surface area contributed by atoms with Crippen LogP contribution in [0.3, 0.4) is 0 Å². The molecule has 2 fully saturated rings. The van der Waals surface area contributed by atoms with Crippen LogP contribution in [0.2, 0.25) is 0 Å². The molecule has 0 atom stereocenters. The van der Waals surface area contributed by atoms with Crippen LogP contribution in [0.15, 0.2) is 12.1 Å². The van der Waals surface area contributed by atoms with Gasteiger partial charge in [-0.2, -0.15) is 0 Å². The van der Waals surface area contributed by atoms with Crippen LogP contribution < -0.4 is 10.6 Å². The second kappa shape index (κ2) is 5.60. The van der Waals surface area contributed by atoms with Gasteiger partial charge < -0.3 is 10.6 Å². The van der Waals surface area contributed by atoms with Crippen molar-refractivity contribution in [2.24, 2.45) is 17.6 Å². The van der Waals surface area contributed by atoms with Crippen molar-refractivity contribution < 1.29 is 0 Å². The van der Waals surface area contributed by atoms with E-state index in [0.717, 1.165) is 23.3 Å². The lowest BCUT2D eigenvalue weighted by Gasteiger charge is -2.27. The summed E-state index contributed by atoms with van der Waals surface area (Å²) >= 11 is 0. The number of nitrogens with zero attached hydrogens (tertiary/aromatic N) is 2. The molecule has 0 spiro atoms. The molecule has 2 aliphatic rings. The van der Waals surface area contributed by atoms with E-state index in [-0.39, 0.29) is 5.41 Å². The van der Waals surface area contributed by atoms with Crippen LogP contribution in [-0.2, 0) is 12.0 Å². The SMILES string of the molecule is CC(C)(C)c1cc(CN)cc(N(CC2CC2)CC2CC2)n1. The van der Waals surface area contributed by atoms with Gasteiger partial charge in [-0.1, -0.05) is 20.8 Å². The smallest absolute Gasteiger partial charge is 0.129 e. The van der Waals surface area contributed by atoms with Gasteiger partial charge in [-0.3, -0.25) is 0 Å². The van der Waals surface area contributed by atoms with Crippen molar-refractivity contribution in [1.82, 2.24) is 4.98 Å². The first kappa shape index (κ1) is 14.8. The molecule has 0 amide bonds. The summed E-state index contributed by atoms with van der Waals surface area (Å²) in [6, 6.07) is 4.38. The number of hydrogen-bond donors (Lipinski definition) is 1. The Labute approximate surface area is 128 Å². The second-order valence-corrected chi connectivity index (χ2v) is 7.96. The fourth-order valence-corrected chi connectivity index (χ4v) is 2.72. The van der Waals surface area contributed by atoms with Gasteiger partial charge in [0.2, 0.25) is 0 Å². The van der Waals surface area contributed by atoms with Crippen LogP contribution in [0.4, 0.5) is 5.82 Å². The Morgan fingerprint density at radius 3 is 2.10 bits per heavy atom. The predicted molar refractivity (Wildman–Crippen MR) is 88.5 cm³/mol. The maximum atomic E-state index is 5.91. The summed E-state index contributed by atoms with van der Waals surface area (Å²) in [7, 11) is 0. The van der Waals surface area contributed by atoms with Gasteiger partial charge in [0, 0.05) is 30.7 Å². The highest BCUT2D eigenvalue weighted by Crippen LogP contribution is 2.36. The third kappa shape index (κ3) is 3.97. The minimum Gasteiger partial charge on any atom is -0.356 e. The molecule has 2 N–H and O–H groups in total. The average molecular weight is 287 g/mol. The van der Waals surface area contributed by atoms with Crippen LogP contribution in [-0.4, -0.2) is 18.1 Å². The van der Waals surface area contributed by atoms with Crippen LogP contribution in [0.1, 0.15) is 57.7 Å². The zero-order chi connectivity index (χ0) is 15.0.